The molecular formula is C24H27N. The van der Waals surface area contributed by atoms with Gasteiger partial charge in [0.15, 0.2) is 0 Å². The first-order valence-corrected chi connectivity index (χ1v) is 8.53. The molecule has 1 N–H and O–H groups in total. The largest absolute Gasteiger partial charge is 0.356 e. The van der Waals surface area contributed by atoms with Gasteiger partial charge < -0.3 is 5.32 Å². The Hall–Kier alpha value is -2.80. The zero-order valence-corrected chi connectivity index (χ0v) is 15.7. The standard InChI is InChI=1S/C24H27N/c1-7-8-11-18(3)20(5)22-13-14-24(19(4)16-22)21(6)25-23-12-9-10-17(2)15-23/h7-16,25H,1,6H2,2-5H3/b11-8-,20-18+. The van der Waals surface area contributed by atoms with Crippen molar-refractivity contribution >= 4 is 17.0 Å². The van der Waals surface area contributed by atoms with Crippen LogP contribution in [0.2, 0.25) is 0 Å². The molecule has 0 aliphatic carbocycles. The van der Waals surface area contributed by atoms with Gasteiger partial charge in [0.1, 0.15) is 0 Å². The first kappa shape index (κ1) is 18.5. The molecule has 0 bridgehead atoms. The van der Waals surface area contributed by atoms with Gasteiger partial charge in [-0.15, -0.1) is 0 Å². The molecule has 0 aliphatic rings. The van der Waals surface area contributed by atoms with Crippen molar-refractivity contribution in [1.82, 2.24) is 0 Å². The highest BCUT2D eigenvalue weighted by molar-refractivity contribution is 5.79. The van der Waals surface area contributed by atoms with Crippen molar-refractivity contribution in [3.8, 4) is 0 Å². The molecule has 25 heavy (non-hydrogen) atoms. The fourth-order valence-electron chi connectivity index (χ4n) is 2.76. The minimum Gasteiger partial charge on any atom is -0.356 e. The Labute approximate surface area is 152 Å². The molecule has 0 aliphatic heterocycles. The number of anilines is 1. The van der Waals surface area contributed by atoms with E-state index in [4.69, 9.17) is 0 Å². The monoisotopic (exact) mass is 329 g/mol. The molecule has 0 fully saturated rings. The van der Waals surface area contributed by atoms with Crippen LogP contribution >= 0.6 is 0 Å². The summed E-state index contributed by atoms with van der Waals surface area (Å²) in [7, 11) is 0. The van der Waals surface area contributed by atoms with Crippen LogP contribution < -0.4 is 5.32 Å². The lowest BCUT2D eigenvalue weighted by Gasteiger charge is -2.15. The second-order valence-electron chi connectivity index (χ2n) is 6.41. The van der Waals surface area contributed by atoms with E-state index in [-0.39, 0.29) is 0 Å². The van der Waals surface area contributed by atoms with Crippen molar-refractivity contribution < 1.29 is 0 Å². The lowest BCUT2D eigenvalue weighted by molar-refractivity contribution is 1.37. The number of rotatable bonds is 6. The normalized spacial score (nSPS) is 12.0. The number of benzene rings is 2. The fraction of sp³-hybridized carbons (Fsp3) is 0.167. The summed E-state index contributed by atoms with van der Waals surface area (Å²) >= 11 is 0. The third kappa shape index (κ3) is 4.84. The highest BCUT2D eigenvalue weighted by atomic mass is 14.9. The zero-order valence-electron chi connectivity index (χ0n) is 15.7. The molecule has 0 amide bonds. The van der Waals surface area contributed by atoms with E-state index in [9.17, 15) is 0 Å². The van der Waals surface area contributed by atoms with Crippen LogP contribution in [-0.2, 0) is 0 Å². The van der Waals surface area contributed by atoms with Crippen LogP contribution in [-0.4, -0.2) is 0 Å². The van der Waals surface area contributed by atoms with Crippen LogP contribution in [0.4, 0.5) is 5.69 Å². The van der Waals surface area contributed by atoms with Crippen molar-refractivity contribution in [3.63, 3.8) is 0 Å². The third-order valence-corrected chi connectivity index (χ3v) is 4.37. The molecule has 1 heteroatoms. The SMILES string of the molecule is C=C/C=C\C(C)=C(/C)c1ccc(C(=C)Nc2cccc(C)c2)c(C)c1. The Kier molecular flexibility index (Phi) is 6.19. The molecular weight excluding hydrogens is 302 g/mol. The molecule has 0 aromatic heterocycles. The highest BCUT2D eigenvalue weighted by Gasteiger charge is 2.07. The van der Waals surface area contributed by atoms with Crippen LogP contribution in [0.5, 0.6) is 0 Å². The van der Waals surface area contributed by atoms with Gasteiger partial charge in [-0.25, -0.2) is 0 Å². The van der Waals surface area contributed by atoms with Gasteiger partial charge in [-0.2, -0.15) is 0 Å². The van der Waals surface area contributed by atoms with Gasteiger partial charge >= 0.3 is 0 Å². The number of hydrogen-bond donors (Lipinski definition) is 1. The second kappa shape index (κ2) is 8.34. The summed E-state index contributed by atoms with van der Waals surface area (Å²) in [5.41, 5.74) is 9.30. The lowest BCUT2D eigenvalue weighted by atomic mass is 9.96. The minimum absolute atomic E-state index is 0.916. The van der Waals surface area contributed by atoms with E-state index in [0.717, 1.165) is 16.9 Å². The summed E-state index contributed by atoms with van der Waals surface area (Å²) in [6.07, 6.45) is 5.85. The lowest BCUT2D eigenvalue weighted by Crippen LogP contribution is -2.00. The zero-order chi connectivity index (χ0) is 18.4. The third-order valence-electron chi connectivity index (χ3n) is 4.37. The maximum Gasteiger partial charge on any atom is 0.0387 e. The van der Waals surface area contributed by atoms with E-state index in [0.29, 0.717) is 0 Å². The molecule has 0 radical (unpaired) electrons. The number of nitrogens with one attached hydrogen (secondary N) is 1. The molecule has 0 saturated carbocycles. The molecule has 128 valence electrons. The van der Waals surface area contributed by atoms with Gasteiger partial charge in [-0.05, 0) is 67.7 Å². The van der Waals surface area contributed by atoms with E-state index in [1.54, 1.807) is 6.08 Å². The van der Waals surface area contributed by atoms with Crippen molar-refractivity contribution in [1.29, 1.82) is 0 Å². The number of allylic oxidation sites excluding steroid dienone is 5. The van der Waals surface area contributed by atoms with Crippen LogP contribution in [0.15, 0.2) is 79.4 Å². The molecule has 0 spiro atoms. The Morgan fingerprint density at radius 2 is 1.80 bits per heavy atom. The quantitative estimate of drug-likeness (QED) is 0.567. The second-order valence-corrected chi connectivity index (χ2v) is 6.41. The van der Waals surface area contributed by atoms with Gasteiger partial charge in [0.05, 0.1) is 0 Å². The van der Waals surface area contributed by atoms with E-state index in [2.05, 4.69) is 94.7 Å². The van der Waals surface area contributed by atoms with Crippen molar-refractivity contribution in [2.45, 2.75) is 27.7 Å². The van der Waals surface area contributed by atoms with Gasteiger partial charge in [0.25, 0.3) is 0 Å². The Balaban J connectivity index is 2.25. The van der Waals surface area contributed by atoms with Gasteiger partial charge in [-0.3, -0.25) is 0 Å². The molecule has 1 nitrogen and oxygen atoms in total. The fourth-order valence-corrected chi connectivity index (χ4v) is 2.76. The number of aryl methyl sites for hydroxylation is 2. The van der Waals surface area contributed by atoms with Crippen LogP contribution in [0.1, 0.15) is 36.1 Å². The summed E-state index contributed by atoms with van der Waals surface area (Å²) in [4.78, 5) is 0. The summed E-state index contributed by atoms with van der Waals surface area (Å²) in [5.74, 6) is 0. The van der Waals surface area contributed by atoms with Crippen molar-refractivity contribution in [2.75, 3.05) is 5.32 Å². The molecule has 2 aromatic carbocycles. The Morgan fingerprint density at radius 3 is 2.44 bits per heavy atom. The van der Waals surface area contributed by atoms with Gasteiger partial charge in [-0.1, -0.05) is 61.7 Å². The van der Waals surface area contributed by atoms with E-state index < -0.39 is 0 Å². The smallest absolute Gasteiger partial charge is 0.0387 e. The summed E-state index contributed by atoms with van der Waals surface area (Å²) < 4.78 is 0. The summed E-state index contributed by atoms with van der Waals surface area (Å²) in [6.45, 7) is 16.4. The topological polar surface area (TPSA) is 12.0 Å². The van der Waals surface area contributed by atoms with Crippen LogP contribution in [0.25, 0.3) is 11.3 Å². The van der Waals surface area contributed by atoms with E-state index in [1.165, 1.54) is 27.8 Å². The van der Waals surface area contributed by atoms with Crippen LogP contribution in [0.3, 0.4) is 0 Å². The van der Waals surface area contributed by atoms with E-state index >= 15 is 0 Å². The average molecular weight is 329 g/mol. The number of hydrogen-bond acceptors (Lipinski definition) is 1. The molecule has 2 aromatic rings. The molecule has 0 saturated heterocycles. The first-order valence-electron chi connectivity index (χ1n) is 8.53. The highest BCUT2D eigenvalue weighted by Crippen LogP contribution is 2.26. The van der Waals surface area contributed by atoms with Crippen LogP contribution in [0, 0.1) is 13.8 Å². The first-order chi connectivity index (χ1) is 11.9. The van der Waals surface area contributed by atoms with Crippen molar-refractivity contribution in [2.24, 2.45) is 0 Å². The predicted molar refractivity (Wildman–Crippen MR) is 113 cm³/mol. The van der Waals surface area contributed by atoms with Gasteiger partial charge in [0.2, 0.25) is 0 Å². The minimum atomic E-state index is 0.916. The molecule has 0 heterocycles. The Bertz CT molecular complexity index is 850. The van der Waals surface area contributed by atoms with Gasteiger partial charge in [0, 0.05) is 16.9 Å². The predicted octanol–water partition coefficient (Wildman–Crippen LogP) is 6.92. The maximum absolute atomic E-state index is 4.22. The molecule has 0 unspecified atom stereocenters. The summed E-state index contributed by atoms with van der Waals surface area (Å²) in [5, 5.41) is 3.41. The average Bonchev–Trinajstić information content (AvgIpc) is 2.58. The Morgan fingerprint density at radius 1 is 1.04 bits per heavy atom. The molecule has 2 rings (SSSR count). The summed E-state index contributed by atoms with van der Waals surface area (Å²) in [6, 6.07) is 14.8. The molecule has 0 atom stereocenters. The maximum atomic E-state index is 4.22. The van der Waals surface area contributed by atoms with E-state index in [1.807, 2.05) is 6.08 Å². The van der Waals surface area contributed by atoms with Crippen molar-refractivity contribution in [3.05, 3.63) is 102 Å².